The van der Waals surface area contributed by atoms with Crippen molar-refractivity contribution < 1.29 is 14.9 Å². The Morgan fingerprint density at radius 2 is 1.62 bits per heavy atom. The van der Waals surface area contributed by atoms with Gasteiger partial charge in [0, 0.05) is 0 Å². The predicted octanol–water partition coefficient (Wildman–Crippen LogP) is 1.76. The first-order chi connectivity index (χ1) is 12.7. The maximum absolute atomic E-state index is 10.3. The molecule has 4 aromatic rings. The van der Waals surface area contributed by atoms with Crippen LogP contribution in [0.5, 0.6) is 0 Å². The van der Waals surface area contributed by atoms with Crippen LogP contribution in [-0.2, 0) is 4.74 Å². The third-order valence-corrected chi connectivity index (χ3v) is 4.62. The van der Waals surface area contributed by atoms with E-state index >= 15 is 0 Å². The Kier molecular flexibility index (Phi) is 3.46. The molecule has 1 fully saturated rings. The molecule has 0 spiro atoms. The molecule has 0 amide bonds. The first-order valence-corrected chi connectivity index (χ1v) is 8.41. The van der Waals surface area contributed by atoms with Gasteiger partial charge in [0.2, 0.25) is 0 Å². The summed E-state index contributed by atoms with van der Waals surface area (Å²) < 4.78 is 7.29. The lowest BCUT2D eigenvalue weighted by Crippen LogP contribution is -2.25. The molecular weight excluding hydrogens is 332 g/mol. The van der Waals surface area contributed by atoms with Crippen molar-refractivity contribution in [3.8, 4) is 5.69 Å². The van der Waals surface area contributed by atoms with E-state index in [0.29, 0.717) is 16.9 Å². The molecule has 1 aliphatic heterocycles. The molecule has 3 atom stereocenters. The molecule has 1 aliphatic rings. The van der Waals surface area contributed by atoms with Crippen LogP contribution < -0.4 is 0 Å². The number of hydrogen-bond donors (Lipinski definition) is 2. The molecule has 0 saturated carbocycles. The molecule has 0 bridgehead atoms. The average Bonchev–Trinajstić information content (AvgIpc) is 3.21. The molecule has 2 N–H and O–H groups in total. The number of benzene rings is 2. The Hall–Kier alpha value is -2.87. The quantitative estimate of drug-likeness (QED) is 0.573. The van der Waals surface area contributed by atoms with Gasteiger partial charge in [-0.05, 0) is 24.3 Å². The third-order valence-electron chi connectivity index (χ3n) is 4.62. The SMILES string of the molecule is O[C@H]1[C@H](O)CO[C@@H]1c1nn(-c2ccccc2)c2nc3ccccc3nc12. The number of aromatic nitrogens is 4. The van der Waals surface area contributed by atoms with Crippen LogP contribution in [0.15, 0.2) is 54.6 Å². The zero-order valence-electron chi connectivity index (χ0n) is 13.7. The second-order valence-electron chi connectivity index (χ2n) is 6.33. The molecule has 5 rings (SSSR count). The maximum atomic E-state index is 10.3. The molecule has 2 aromatic heterocycles. The summed E-state index contributed by atoms with van der Waals surface area (Å²) in [6.45, 7) is 0.0620. The van der Waals surface area contributed by atoms with Gasteiger partial charge in [-0.15, -0.1) is 0 Å². The van der Waals surface area contributed by atoms with Gasteiger partial charge in [0.1, 0.15) is 29.5 Å². The molecule has 26 heavy (non-hydrogen) atoms. The van der Waals surface area contributed by atoms with Crippen LogP contribution in [0.3, 0.4) is 0 Å². The summed E-state index contributed by atoms with van der Waals surface area (Å²) in [5.41, 5.74) is 3.96. The van der Waals surface area contributed by atoms with Crippen LogP contribution >= 0.6 is 0 Å². The van der Waals surface area contributed by atoms with E-state index < -0.39 is 18.3 Å². The van der Waals surface area contributed by atoms with Crippen molar-refractivity contribution in [2.75, 3.05) is 6.61 Å². The Balaban J connectivity index is 1.80. The second kappa shape index (κ2) is 5.84. The lowest BCUT2D eigenvalue weighted by atomic mass is 10.1. The number of aliphatic hydroxyl groups is 2. The highest BCUT2D eigenvalue weighted by atomic mass is 16.5. The average molecular weight is 348 g/mol. The van der Waals surface area contributed by atoms with Crippen molar-refractivity contribution >= 4 is 22.2 Å². The number of nitrogens with zero attached hydrogens (tertiary/aromatic N) is 4. The summed E-state index contributed by atoms with van der Waals surface area (Å²) >= 11 is 0. The summed E-state index contributed by atoms with van der Waals surface area (Å²) in [7, 11) is 0. The smallest absolute Gasteiger partial charge is 0.182 e. The van der Waals surface area contributed by atoms with Gasteiger partial charge in [-0.25, -0.2) is 14.6 Å². The fourth-order valence-corrected chi connectivity index (χ4v) is 3.30. The normalized spacial score (nSPS) is 23.1. The second-order valence-corrected chi connectivity index (χ2v) is 6.33. The minimum Gasteiger partial charge on any atom is -0.388 e. The fraction of sp³-hybridized carbons (Fsp3) is 0.211. The highest BCUT2D eigenvalue weighted by Crippen LogP contribution is 2.33. The number of hydrogen-bond acceptors (Lipinski definition) is 6. The van der Waals surface area contributed by atoms with Crippen LogP contribution in [0.1, 0.15) is 11.8 Å². The Bertz CT molecular complexity index is 1100. The van der Waals surface area contributed by atoms with Crippen molar-refractivity contribution in [1.29, 1.82) is 0 Å². The van der Waals surface area contributed by atoms with Crippen molar-refractivity contribution in [3.63, 3.8) is 0 Å². The van der Waals surface area contributed by atoms with Gasteiger partial charge in [-0.2, -0.15) is 5.10 Å². The van der Waals surface area contributed by atoms with Gasteiger partial charge < -0.3 is 14.9 Å². The van der Waals surface area contributed by atoms with Gasteiger partial charge in [0.05, 0.1) is 23.3 Å². The molecule has 0 aliphatic carbocycles. The number of fused-ring (bicyclic) bond motifs is 2. The van der Waals surface area contributed by atoms with Gasteiger partial charge in [0.25, 0.3) is 0 Å². The van der Waals surface area contributed by atoms with E-state index in [2.05, 4.69) is 5.10 Å². The first-order valence-electron chi connectivity index (χ1n) is 8.41. The number of aliphatic hydroxyl groups excluding tert-OH is 2. The van der Waals surface area contributed by atoms with Crippen LogP contribution in [0.2, 0.25) is 0 Å². The van der Waals surface area contributed by atoms with E-state index in [4.69, 9.17) is 14.7 Å². The van der Waals surface area contributed by atoms with Crippen molar-refractivity contribution in [2.24, 2.45) is 0 Å². The van der Waals surface area contributed by atoms with Crippen LogP contribution in [0, 0.1) is 0 Å². The lowest BCUT2D eigenvalue weighted by molar-refractivity contribution is 0.0209. The Labute approximate surface area is 148 Å². The Morgan fingerprint density at radius 3 is 2.31 bits per heavy atom. The lowest BCUT2D eigenvalue weighted by Gasteiger charge is -2.12. The highest BCUT2D eigenvalue weighted by Gasteiger charge is 2.39. The van der Waals surface area contributed by atoms with Crippen LogP contribution in [0.25, 0.3) is 27.9 Å². The fourth-order valence-electron chi connectivity index (χ4n) is 3.30. The van der Waals surface area contributed by atoms with Crippen molar-refractivity contribution in [3.05, 3.63) is 60.3 Å². The largest absolute Gasteiger partial charge is 0.388 e. The summed E-state index contributed by atoms with van der Waals surface area (Å²) in [6.07, 6.45) is -2.73. The van der Waals surface area contributed by atoms with E-state index in [0.717, 1.165) is 16.7 Å². The van der Waals surface area contributed by atoms with Gasteiger partial charge in [-0.1, -0.05) is 30.3 Å². The van der Waals surface area contributed by atoms with Gasteiger partial charge >= 0.3 is 0 Å². The topological polar surface area (TPSA) is 93.3 Å². The number of ether oxygens (including phenoxy) is 1. The summed E-state index contributed by atoms with van der Waals surface area (Å²) in [5, 5.41) is 24.8. The van der Waals surface area contributed by atoms with E-state index in [1.807, 2.05) is 54.6 Å². The Morgan fingerprint density at radius 1 is 0.923 bits per heavy atom. The van der Waals surface area contributed by atoms with Crippen molar-refractivity contribution in [2.45, 2.75) is 18.3 Å². The summed E-state index contributed by atoms with van der Waals surface area (Å²) in [5.74, 6) is 0. The molecule has 0 unspecified atom stereocenters. The molecule has 7 nitrogen and oxygen atoms in total. The monoisotopic (exact) mass is 348 g/mol. The molecule has 0 radical (unpaired) electrons. The molecular formula is C19H16N4O3. The maximum Gasteiger partial charge on any atom is 0.182 e. The minimum atomic E-state index is -1.05. The zero-order chi connectivity index (χ0) is 17.7. The van der Waals surface area contributed by atoms with Gasteiger partial charge in [-0.3, -0.25) is 0 Å². The van der Waals surface area contributed by atoms with Crippen molar-refractivity contribution in [1.82, 2.24) is 19.7 Å². The number of para-hydroxylation sites is 3. The van der Waals surface area contributed by atoms with E-state index in [1.165, 1.54) is 0 Å². The molecule has 3 heterocycles. The van der Waals surface area contributed by atoms with E-state index in [1.54, 1.807) is 4.68 Å². The third kappa shape index (κ3) is 2.29. The van der Waals surface area contributed by atoms with E-state index in [-0.39, 0.29) is 6.61 Å². The molecule has 1 saturated heterocycles. The van der Waals surface area contributed by atoms with Crippen LogP contribution in [0.4, 0.5) is 0 Å². The number of rotatable bonds is 2. The molecule has 130 valence electrons. The molecule has 7 heteroatoms. The zero-order valence-corrected chi connectivity index (χ0v) is 13.7. The summed E-state index contributed by atoms with van der Waals surface area (Å²) in [4.78, 5) is 9.44. The standard InChI is InChI=1S/C19H16N4O3/c24-14-10-26-18(17(14)25)15-16-19(21-13-9-5-4-8-12(13)20-16)23(22-15)11-6-2-1-3-7-11/h1-9,14,17-18,24-25H,10H2/t14-,17+,18-/m1/s1. The van der Waals surface area contributed by atoms with E-state index in [9.17, 15) is 10.2 Å². The molecule has 2 aromatic carbocycles. The summed E-state index contributed by atoms with van der Waals surface area (Å²) in [6, 6.07) is 17.2. The first kappa shape index (κ1) is 15.4. The van der Waals surface area contributed by atoms with Gasteiger partial charge in [0.15, 0.2) is 5.65 Å². The van der Waals surface area contributed by atoms with Crippen LogP contribution in [-0.4, -0.2) is 48.8 Å². The highest BCUT2D eigenvalue weighted by molar-refractivity contribution is 5.86. The minimum absolute atomic E-state index is 0.0620. The predicted molar refractivity (Wildman–Crippen MR) is 94.9 cm³/mol.